The maximum atomic E-state index is 13.4. The van der Waals surface area contributed by atoms with Gasteiger partial charge in [0.2, 0.25) is 16.8 Å². The molecule has 9 heteroatoms. The van der Waals surface area contributed by atoms with E-state index in [-0.39, 0.29) is 36.4 Å². The van der Waals surface area contributed by atoms with Gasteiger partial charge in [0.1, 0.15) is 0 Å². The maximum absolute atomic E-state index is 13.4. The van der Waals surface area contributed by atoms with E-state index in [1.807, 2.05) is 0 Å². The summed E-state index contributed by atoms with van der Waals surface area (Å²) >= 11 is 0. The van der Waals surface area contributed by atoms with Gasteiger partial charge in [-0.05, 0) is 37.1 Å². The third-order valence-corrected chi connectivity index (χ3v) is 7.40. The lowest BCUT2D eigenvalue weighted by Gasteiger charge is -2.25. The number of ether oxygens (including phenoxy) is 3. The van der Waals surface area contributed by atoms with Crippen LogP contribution >= 0.6 is 0 Å². The minimum Gasteiger partial charge on any atom is -0.454 e. The molecule has 1 fully saturated rings. The minimum atomic E-state index is -3.81. The van der Waals surface area contributed by atoms with Crippen molar-refractivity contribution in [2.45, 2.75) is 30.4 Å². The first kappa shape index (κ1) is 20.0. The molecule has 31 heavy (non-hydrogen) atoms. The average molecular weight is 442 g/mol. The summed E-state index contributed by atoms with van der Waals surface area (Å²) in [5.74, 6) is 1.17. The van der Waals surface area contributed by atoms with Crippen molar-refractivity contribution >= 4 is 20.9 Å². The first-order valence-corrected chi connectivity index (χ1v) is 11.6. The number of nitrogens with one attached hydrogen (secondary N) is 1. The van der Waals surface area contributed by atoms with Crippen molar-refractivity contribution in [2.24, 2.45) is 0 Å². The van der Waals surface area contributed by atoms with E-state index in [1.54, 1.807) is 48.5 Å². The first-order valence-electron chi connectivity index (χ1n) is 10.1. The Balaban J connectivity index is 1.52. The molecule has 0 spiro atoms. The number of pyridine rings is 1. The molecule has 0 amide bonds. The summed E-state index contributed by atoms with van der Waals surface area (Å²) in [6.45, 7) is 0.882. The van der Waals surface area contributed by atoms with Gasteiger partial charge in [-0.15, -0.1) is 0 Å². The fourth-order valence-electron chi connectivity index (χ4n) is 3.95. The summed E-state index contributed by atoms with van der Waals surface area (Å²) in [6.07, 6.45) is 1.50. The molecule has 1 N–H and O–H groups in total. The van der Waals surface area contributed by atoms with E-state index in [0.29, 0.717) is 29.2 Å². The van der Waals surface area contributed by atoms with Crippen molar-refractivity contribution in [3.63, 3.8) is 0 Å². The van der Waals surface area contributed by atoms with E-state index in [2.05, 4.69) is 4.98 Å². The third kappa shape index (κ3) is 3.91. The van der Waals surface area contributed by atoms with Crippen molar-refractivity contribution in [3.05, 3.63) is 64.4 Å². The number of sulfonamides is 1. The molecule has 2 aromatic carbocycles. The highest BCUT2D eigenvalue weighted by Crippen LogP contribution is 2.35. The van der Waals surface area contributed by atoms with E-state index < -0.39 is 10.0 Å². The highest BCUT2D eigenvalue weighted by Gasteiger charge is 2.30. The molecule has 5 rings (SSSR count). The number of hydrogen-bond acceptors (Lipinski definition) is 6. The van der Waals surface area contributed by atoms with Crippen molar-refractivity contribution in [3.8, 4) is 11.5 Å². The van der Waals surface area contributed by atoms with Crippen LogP contribution in [0, 0.1) is 0 Å². The van der Waals surface area contributed by atoms with E-state index in [1.165, 1.54) is 4.31 Å². The van der Waals surface area contributed by atoms with Gasteiger partial charge in [-0.1, -0.05) is 18.2 Å². The second-order valence-electron chi connectivity index (χ2n) is 7.66. The zero-order valence-corrected chi connectivity index (χ0v) is 17.6. The van der Waals surface area contributed by atoms with Crippen molar-refractivity contribution < 1.29 is 22.6 Å². The van der Waals surface area contributed by atoms with E-state index >= 15 is 0 Å². The lowest BCUT2D eigenvalue weighted by molar-refractivity contribution is 0.0925. The molecule has 8 nitrogen and oxygen atoms in total. The Morgan fingerprint density at radius 2 is 1.84 bits per heavy atom. The predicted octanol–water partition coefficient (Wildman–Crippen LogP) is 2.63. The number of rotatable bonds is 6. The van der Waals surface area contributed by atoms with Crippen LogP contribution in [0.5, 0.6) is 11.5 Å². The molecule has 0 aliphatic carbocycles. The molecule has 2 aliphatic heterocycles. The van der Waals surface area contributed by atoms with Crippen molar-refractivity contribution in [1.82, 2.24) is 9.29 Å². The molecule has 2 aliphatic rings. The highest BCUT2D eigenvalue weighted by atomic mass is 32.2. The number of benzene rings is 2. The average Bonchev–Trinajstić information content (AvgIpc) is 3.44. The van der Waals surface area contributed by atoms with Gasteiger partial charge in [-0.25, -0.2) is 8.42 Å². The second kappa shape index (κ2) is 7.99. The Morgan fingerprint density at radius 3 is 2.58 bits per heavy atom. The monoisotopic (exact) mass is 442 g/mol. The summed E-state index contributed by atoms with van der Waals surface area (Å²) in [5.41, 5.74) is 0.616. The molecule has 1 aromatic heterocycles. The van der Waals surface area contributed by atoms with Crippen LogP contribution in [0.2, 0.25) is 0 Å². The zero-order chi connectivity index (χ0) is 21.4. The number of aromatic amines is 1. The number of fused-ring (bicyclic) bond motifs is 2. The van der Waals surface area contributed by atoms with Gasteiger partial charge in [0.15, 0.2) is 11.5 Å². The molecule has 162 valence electrons. The number of aromatic nitrogens is 1. The Bertz CT molecular complexity index is 1270. The summed E-state index contributed by atoms with van der Waals surface area (Å²) < 4.78 is 44.5. The molecule has 3 heterocycles. The largest absolute Gasteiger partial charge is 0.454 e. The molecular formula is C22H22N2O6S. The van der Waals surface area contributed by atoms with E-state index in [9.17, 15) is 13.2 Å². The van der Waals surface area contributed by atoms with Crippen LogP contribution in [0.15, 0.2) is 58.2 Å². The van der Waals surface area contributed by atoms with E-state index in [4.69, 9.17) is 14.2 Å². The summed E-state index contributed by atoms with van der Waals surface area (Å²) in [4.78, 5) is 15.8. The topological polar surface area (TPSA) is 97.9 Å². The van der Waals surface area contributed by atoms with E-state index in [0.717, 1.165) is 18.2 Å². The number of H-pyrrole nitrogens is 1. The fraction of sp³-hybridized carbons (Fsp3) is 0.318. The normalized spacial score (nSPS) is 18.2. The van der Waals surface area contributed by atoms with Crippen LogP contribution in [-0.2, 0) is 21.3 Å². The van der Waals surface area contributed by atoms with Crippen molar-refractivity contribution in [1.29, 1.82) is 0 Å². The smallest absolute Gasteiger partial charge is 0.252 e. The SMILES string of the molecule is O=c1[nH]c2cc3c(cc2cc1CN(CC1CCCO1)S(=O)(=O)c1ccccc1)OCO3. The standard InChI is InChI=1S/C22H22N2O6S/c25-22-16(9-15-10-20-21(30-14-29-20)11-19(15)23-22)12-24(13-17-5-4-8-28-17)31(26,27)18-6-2-1-3-7-18/h1-3,6-7,9-11,17H,4-5,8,12-14H2,(H,23,25). The van der Waals surface area contributed by atoms with Crippen LogP contribution in [0.3, 0.4) is 0 Å². The van der Waals surface area contributed by atoms with Crippen LogP contribution in [0.4, 0.5) is 0 Å². The summed E-state index contributed by atoms with van der Waals surface area (Å²) in [7, 11) is -3.81. The molecular weight excluding hydrogens is 420 g/mol. The van der Waals surface area contributed by atoms with Gasteiger partial charge in [-0.2, -0.15) is 4.31 Å². The van der Waals surface area contributed by atoms with Crippen LogP contribution < -0.4 is 15.0 Å². The molecule has 0 radical (unpaired) electrons. The lowest BCUT2D eigenvalue weighted by atomic mass is 10.1. The summed E-state index contributed by atoms with van der Waals surface area (Å²) in [5, 5.41) is 0.744. The minimum absolute atomic E-state index is 0.0587. The van der Waals surface area contributed by atoms with Gasteiger partial charge in [0, 0.05) is 36.7 Å². The van der Waals surface area contributed by atoms with Gasteiger partial charge < -0.3 is 19.2 Å². The second-order valence-corrected chi connectivity index (χ2v) is 9.60. The quantitative estimate of drug-likeness (QED) is 0.630. The van der Waals surface area contributed by atoms with Crippen molar-refractivity contribution in [2.75, 3.05) is 19.9 Å². The molecule has 0 bridgehead atoms. The zero-order valence-electron chi connectivity index (χ0n) is 16.7. The van der Waals surface area contributed by atoms with Crippen LogP contribution in [0.25, 0.3) is 10.9 Å². The third-order valence-electron chi connectivity index (χ3n) is 5.57. The lowest BCUT2D eigenvalue weighted by Crippen LogP contribution is -2.38. The van der Waals surface area contributed by atoms with Crippen LogP contribution in [0.1, 0.15) is 18.4 Å². The Labute approximate surface area is 179 Å². The Kier molecular flexibility index (Phi) is 5.17. The Morgan fingerprint density at radius 1 is 1.06 bits per heavy atom. The van der Waals surface area contributed by atoms with Gasteiger partial charge in [-0.3, -0.25) is 4.79 Å². The molecule has 0 saturated carbocycles. The Hall–Kier alpha value is -2.88. The molecule has 1 atom stereocenters. The maximum Gasteiger partial charge on any atom is 0.252 e. The predicted molar refractivity (Wildman–Crippen MR) is 114 cm³/mol. The van der Waals surface area contributed by atoms with Gasteiger partial charge >= 0.3 is 0 Å². The number of hydrogen-bond donors (Lipinski definition) is 1. The molecule has 1 saturated heterocycles. The summed E-state index contributed by atoms with van der Waals surface area (Å²) in [6, 6.07) is 13.5. The first-order chi connectivity index (χ1) is 15.0. The van der Waals surface area contributed by atoms with Gasteiger partial charge in [0.25, 0.3) is 5.56 Å². The fourth-order valence-corrected chi connectivity index (χ4v) is 5.42. The van der Waals surface area contributed by atoms with Gasteiger partial charge in [0.05, 0.1) is 16.5 Å². The molecule has 1 unspecified atom stereocenters. The van der Waals surface area contributed by atoms with Crippen LogP contribution in [-0.4, -0.2) is 43.8 Å². The molecule has 3 aromatic rings. The number of nitrogens with zero attached hydrogens (tertiary/aromatic N) is 1. The highest BCUT2D eigenvalue weighted by molar-refractivity contribution is 7.89.